The molecule has 0 fully saturated rings. The van der Waals surface area contributed by atoms with Crippen LogP contribution in [0, 0.1) is 0 Å². The normalized spacial score (nSPS) is 10.3. The van der Waals surface area contributed by atoms with Gasteiger partial charge in [-0.05, 0) is 47.1 Å². The first-order valence-electron chi connectivity index (χ1n) is 11.0. The molecule has 0 aliphatic heterocycles. The summed E-state index contributed by atoms with van der Waals surface area (Å²) in [5.41, 5.74) is 1.01. The Labute approximate surface area is 221 Å². The van der Waals surface area contributed by atoms with E-state index in [1.165, 1.54) is 6.92 Å². The molecule has 0 aromatic heterocycles. The molecule has 1 aromatic carbocycles. The van der Waals surface area contributed by atoms with E-state index in [0.717, 1.165) is 5.56 Å². The van der Waals surface area contributed by atoms with Crippen LogP contribution in [0.15, 0.2) is 30.3 Å². The quantitative estimate of drug-likeness (QED) is 0.120. The van der Waals surface area contributed by atoms with Gasteiger partial charge in [-0.2, -0.15) is 0 Å². The Balaban J connectivity index is -0.000000435. The summed E-state index contributed by atoms with van der Waals surface area (Å²) in [6.07, 6.45) is -0.130. The monoisotopic (exact) mass is 604 g/mol. The summed E-state index contributed by atoms with van der Waals surface area (Å²) in [7, 11) is -4.19. The topological polar surface area (TPSA) is 107 Å². The number of alkyl halides is 1. The largest absolute Gasteiger partial charge is 0.460 e. The van der Waals surface area contributed by atoms with Crippen LogP contribution < -0.4 is 0 Å². The molecule has 0 heterocycles. The van der Waals surface area contributed by atoms with Crippen molar-refractivity contribution in [3.63, 3.8) is 0 Å². The Bertz CT molecular complexity index is 654. The predicted octanol–water partition coefficient (Wildman–Crippen LogP) is 6.93. The number of halogens is 1. The molecule has 1 aromatic rings. The van der Waals surface area contributed by atoms with Crippen LogP contribution >= 0.6 is 32.1 Å². The van der Waals surface area contributed by atoms with E-state index in [4.69, 9.17) is 27.4 Å². The molecule has 0 radical (unpaired) electrons. The van der Waals surface area contributed by atoms with Crippen molar-refractivity contribution in [3.8, 4) is 0 Å². The first-order valence-corrected chi connectivity index (χ1v) is 15.0. The van der Waals surface area contributed by atoms with Crippen LogP contribution in [0.1, 0.15) is 54.5 Å². The van der Waals surface area contributed by atoms with Gasteiger partial charge in [0.25, 0.3) is 0 Å². The van der Waals surface area contributed by atoms with E-state index >= 15 is 0 Å². The number of ketones is 1. The van der Waals surface area contributed by atoms with E-state index in [2.05, 4.69) is 15.9 Å². The minimum absolute atomic E-state index is 0. The second-order valence-electron chi connectivity index (χ2n) is 6.06. The molecular formula is C23H43BrO9P2. The molecule has 0 atom stereocenters. The van der Waals surface area contributed by atoms with Gasteiger partial charge in [0, 0.05) is 0 Å². The fraction of sp³-hybridized carbons (Fsp3) is 0.652. The highest BCUT2D eigenvalue weighted by molar-refractivity contribution is 9.09. The fourth-order valence-corrected chi connectivity index (χ4v) is 4.61. The van der Waals surface area contributed by atoms with Crippen LogP contribution in [-0.4, -0.2) is 56.3 Å². The maximum absolute atomic E-state index is 11.6. The molecule has 35 heavy (non-hydrogen) atoms. The minimum atomic E-state index is -3.12. The smallest absolute Gasteiger partial charge is 0.338 e. The molecule has 0 aliphatic carbocycles. The molecule has 0 unspecified atom stereocenters. The molecule has 9 nitrogen and oxygen atoms in total. The van der Waals surface area contributed by atoms with Crippen LogP contribution in [0.3, 0.4) is 0 Å². The number of esters is 1. The van der Waals surface area contributed by atoms with E-state index in [9.17, 15) is 14.2 Å². The van der Waals surface area contributed by atoms with E-state index in [1.807, 2.05) is 51.1 Å². The van der Waals surface area contributed by atoms with Gasteiger partial charge in [-0.15, -0.1) is 0 Å². The maximum Gasteiger partial charge on any atom is 0.338 e. The second kappa shape index (κ2) is 26.4. The van der Waals surface area contributed by atoms with Gasteiger partial charge in [0.1, 0.15) is 23.9 Å². The average molecular weight is 605 g/mol. The third-order valence-corrected chi connectivity index (χ3v) is 7.12. The summed E-state index contributed by atoms with van der Waals surface area (Å²) in [6.45, 7) is 13.4. The van der Waals surface area contributed by atoms with Crippen LogP contribution in [-0.2, 0) is 48.1 Å². The van der Waals surface area contributed by atoms with Gasteiger partial charge >= 0.3 is 22.2 Å². The minimum Gasteiger partial charge on any atom is -0.460 e. The van der Waals surface area contributed by atoms with E-state index < -0.39 is 16.2 Å². The third-order valence-electron chi connectivity index (χ3n) is 3.12. The molecular weight excluding hydrogens is 562 g/mol. The predicted molar refractivity (Wildman–Crippen MR) is 145 cm³/mol. The first kappa shape index (κ1) is 38.8. The van der Waals surface area contributed by atoms with E-state index in [1.54, 1.807) is 13.8 Å². The number of carbonyl (C=O) groups is 2. The number of Topliss-reactive ketones (excluding diaryl/α,β-unsaturated/α-hetero) is 1. The molecule has 0 aliphatic rings. The zero-order valence-corrected chi connectivity index (χ0v) is 24.4. The molecule has 0 N–H and O–H groups in total. The summed E-state index contributed by atoms with van der Waals surface area (Å²) in [5, 5.41) is 0.250. The lowest BCUT2D eigenvalue weighted by Crippen LogP contribution is -2.06. The number of benzene rings is 1. The number of hydrogen-bond acceptors (Lipinski definition) is 9. The third kappa shape index (κ3) is 24.8. The summed E-state index contributed by atoms with van der Waals surface area (Å²) in [5.74, 6) is -0.418. The summed E-state index contributed by atoms with van der Waals surface area (Å²) < 4.78 is 41.7. The van der Waals surface area contributed by atoms with Gasteiger partial charge in [-0.25, -0.2) is 0 Å². The van der Waals surface area contributed by atoms with Crippen molar-refractivity contribution in [2.24, 2.45) is 0 Å². The van der Waals surface area contributed by atoms with Crippen molar-refractivity contribution >= 4 is 43.9 Å². The van der Waals surface area contributed by atoms with E-state index in [-0.39, 0.29) is 30.7 Å². The van der Waals surface area contributed by atoms with E-state index in [0.29, 0.717) is 39.6 Å². The number of ether oxygens (including phenoxy) is 1. The van der Waals surface area contributed by atoms with Crippen LogP contribution in [0.25, 0.3) is 0 Å². The molecule has 0 spiro atoms. The Morgan fingerprint density at radius 2 is 1.31 bits per heavy atom. The van der Waals surface area contributed by atoms with Gasteiger partial charge in [0.15, 0.2) is 0 Å². The summed E-state index contributed by atoms with van der Waals surface area (Å²) in [4.78, 5) is 21.4. The van der Waals surface area contributed by atoms with Gasteiger partial charge in [0.05, 0.1) is 33.0 Å². The highest BCUT2D eigenvalue weighted by atomic mass is 79.9. The van der Waals surface area contributed by atoms with Crippen LogP contribution in [0.2, 0.25) is 0 Å². The van der Waals surface area contributed by atoms with Gasteiger partial charge in [0.2, 0.25) is 0 Å². The number of rotatable bonds is 15. The van der Waals surface area contributed by atoms with Crippen molar-refractivity contribution < 1.29 is 41.5 Å². The number of carbonyl (C=O) groups excluding carboxylic acids is 2. The molecule has 0 saturated heterocycles. The summed E-state index contributed by atoms with van der Waals surface area (Å²) in [6, 6.07) is 9.59. The molecule has 0 amide bonds. The van der Waals surface area contributed by atoms with Crippen molar-refractivity contribution in [1.82, 2.24) is 0 Å². The average Bonchev–Trinajstić information content (AvgIpc) is 2.79. The molecule has 0 saturated carbocycles. The highest BCUT2D eigenvalue weighted by Crippen LogP contribution is 2.47. The fourth-order valence-electron chi connectivity index (χ4n) is 2.00. The Kier molecular flexibility index (Phi) is 29.2. The molecule has 0 bridgehead atoms. The highest BCUT2D eigenvalue weighted by Gasteiger charge is 2.25. The van der Waals surface area contributed by atoms with Crippen molar-refractivity contribution in [3.05, 3.63) is 35.9 Å². The maximum atomic E-state index is 11.6. The van der Waals surface area contributed by atoms with Crippen molar-refractivity contribution in [1.29, 1.82) is 0 Å². The molecule has 1 rings (SSSR count). The van der Waals surface area contributed by atoms with Crippen molar-refractivity contribution in [2.45, 2.75) is 55.6 Å². The zero-order chi connectivity index (χ0) is 26.2. The van der Waals surface area contributed by atoms with Crippen LogP contribution in [0.4, 0.5) is 0 Å². The lowest BCUT2D eigenvalue weighted by atomic mass is 10.2. The Morgan fingerprint density at radius 1 is 0.857 bits per heavy atom. The standard InChI is InChI=1S/C9H9BrO2.C7H15O4P.C6H15O3P.CH4/c10-6-9(11)12-7-8-4-2-1-3-5-8;1-4-10-12(9,11-5-2)6-7(3)8;1-4-7-10(8-5-2)9-6-3;/h1-5H,6-7H2;4-6H2,1-3H3;4-6H2,1-3H3;1H4. The SMILES string of the molecule is C.CCOP(=O)(CC(C)=O)OCC.CCOP(OCC)OCC.O=C(CBr)OCc1ccccc1. The Hall–Kier alpha value is -0.700. The van der Waals surface area contributed by atoms with Crippen molar-refractivity contribution in [2.75, 3.05) is 44.5 Å². The lowest BCUT2D eigenvalue weighted by Gasteiger charge is -2.14. The van der Waals surface area contributed by atoms with Gasteiger partial charge in [-0.3, -0.25) is 14.2 Å². The lowest BCUT2D eigenvalue weighted by molar-refractivity contribution is -0.141. The van der Waals surface area contributed by atoms with Crippen LogP contribution in [0.5, 0.6) is 0 Å². The second-order valence-corrected chi connectivity index (χ2v) is 9.90. The summed E-state index contributed by atoms with van der Waals surface area (Å²) >= 11 is 3.01. The number of hydrogen-bond donors (Lipinski definition) is 0. The zero-order valence-electron chi connectivity index (χ0n) is 21.0. The van der Waals surface area contributed by atoms with Gasteiger partial charge < -0.3 is 27.4 Å². The first-order chi connectivity index (χ1) is 16.2. The Morgan fingerprint density at radius 3 is 1.66 bits per heavy atom. The van der Waals surface area contributed by atoms with Gasteiger partial charge in [-0.1, -0.05) is 53.7 Å². The molecule has 206 valence electrons. The molecule has 12 heteroatoms.